The lowest BCUT2D eigenvalue weighted by atomic mass is 9.99. The van der Waals surface area contributed by atoms with Crippen LogP contribution in [0, 0.1) is 5.92 Å². The molecule has 2 rings (SSSR count). The quantitative estimate of drug-likeness (QED) is 0.853. The van der Waals surface area contributed by atoms with Gasteiger partial charge < -0.3 is 9.64 Å². The summed E-state index contributed by atoms with van der Waals surface area (Å²) in [6.45, 7) is 2.82. The Morgan fingerprint density at radius 3 is 2.74 bits per heavy atom. The Labute approximate surface area is 117 Å². The van der Waals surface area contributed by atoms with Crippen molar-refractivity contribution in [1.82, 2.24) is 4.90 Å². The smallest absolute Gasteiger partial charge is 0.260 e. The third-order valence-corrected chi connectivity index (χ3v) is 3.45. The first-order valence-corrected chi connectivity index (χ1v) is 6.63. The van der Waals surface area contributed by atoms with Crippen LogP contribution in [0.1, 0.15) is 13.3 Å². The highest BCUT2D eigenvalue weighted by Gasteiger charge is 2.26. The number of rotatable bonds is 3. The van der Waals surface area contributed by atoms with E-state index >= 15 is 0 Å². The van der Waals surface area contributed by atoms with Gasteiger partial charge in [0, 0.05) is 30.5 Å². The molecule has 1 aliphatic rings. The molecule has 0 N–H and O–H groups in total. The molecule has 1 atom stereocenters. The molecule has 1 unspecified atom stereocenters. The first-order chi connectivity index (χ1) is 9.06. The second-order valence-electron chi connectivity index (χ2n) is 4.70. The molecule has 1 aromatic carbocycles. The largest absolute Gasteiger partial charge is 0.484 e. The van der Waals surface area contributed by atoms with E-state index in [1.165, 1.54) is 0 Å². The van der Waals surface area contributed by atoms with E-state index in [-0.39, 0.29) is 24.2 Å². The number of hydrogen-bond acceptors (Lipinski definition) is 3. The van der Waals surface area contributed by atoms with Gasteiger partial charge in [0.25, 0.3) is 5.91 Å². The van der Waals surface area contributed by atoms with Gasteiger partial charge in [-0.1, -0.05) is 18.5 Å². The molecule has 0 radical (unpaired) electrons. The maximum absolute atomic E-state index is 12.0. The topological polar surface area (TPSA) is 46.6 Å². The number of nitrogens with zero attached hydrogens (tertiary/aromatic N) is 1. The Morgan fingerprint density at radius 2 is 2.11 bits per heavy atom. The third kappa shape index (κ3) is 3.70. The number of ether oxygens (including phenoxy) is 1. The molecular formula is C14H16ClNO3. The lowest BCUT2D eigenvalue weighted by Gasteiger charge is -2.29. The van der Waals surface area contributed by atoms with Crippen molar-refractivity contribution in [3.8, 4) is 5.75 Å². The molecular weight excluding hydrogens is 266 g/mol. The highest BCUT2D eigenvalue weighted by molar-refractivity contribution is 6.30. The van der Waals surface area contributed by atoms with Crippen LogP contribution in [0.2, 0.25) is 5.02 Å². The van der Waals surface area contributed by atoms with Crippen molar-refractivity contribution in [2.45, 2.75) is 13.3 Å². The van der Waals surface area contributed by atoms with Crippen LogP contribution in [0.25, 0.3) is 0 Å². The predicted molar refractivity (Wildman–Crippen MR) is 72.3 cm³/mol. The monoisotopic (exact) mass is 281 g/mol. The summed E-state index contributed by atoms with van der Waals surface area (Å²) in [7, 11) is 0. The van der Waals surface area contributed by atoms with Crippen molar-refractivity contribution in [2.75, 3.05) is 19.7 Å². The van der Waals surface area contributed by atoms with Crippen molar-refractivity contribution in [3.05, 3.63) is 29.3 Å². The fourth-order valence-electron chi connectivity index (χ4n) is 2.01. The number of carbonyl (C=O) groups is 2. The standard InChI is InChI=1S/C14H16ClNO3/c1-10-8-16(7-6-13(10)17)14(18)9-19-12-4-2-11(15)3-5-12/h2-5,10H,6-9H2,1H3. The van der Waals surface area contributed by atoms with Gasteiger partial charge in [-0.05, 0) is 24.3 Å². The van der Waals surface area contributed by atoms with Crippen LogP contribution in [-0.2, 0) is 9.59 Å². The Bertz CT molecular complexity index is 472. The Balaban J connectivity index is 1.84. The maximum atomic E-state index is 12.0. The van der Waals surface area contributed by atoms with E-state index in [9.17, 15) is 9.59 Å². The van der Waals surface area contributed by atoms with Gasteiger partial charge in [-0.2, -0.15) is 0 Å². The normalized spacial score (nSPS) is 19.4. The lowest BCUT2D eigenvalue weighted by Crippen LogP contribution is -2.45. The fraction of sp³-hybridized carbons (Fsp3) is 0.429. The molecule has 19 heavy (non-hydrogen) atoms. The minimum atomic E-state index is -0.0886. The number of carbonyl (C=O) groups excluding carboxylic acids is 2. The van der Waals surface area contributed by atoms with Crippen LogP contribution in [0.3, 0.4) is 0 Å². The molecule has 4 nitrogen and oxygen atoms in total. The highest BCUT2D eigenvalue weighted by Crippen LogP contribution is 2.16. The zero-order valence-electron chi connectivity index (χ0n) is 10.8. The molecule has 1 amide bonds. The number of likely N-dealkylation sites (tertiary alicyclic amines) is 1. The molecule has 1 fully saturated rings. The molecule has 0 bridgehead atoms. The van der Waals surface area contributed by atoms with Gasteiger partial charge in [-0.25, -0.2) is 0 Å². The number of amides is 1. The zero-order chi connectivity index (χ0) is 13.8. The Hall–Kier alpha value is -1.55. The number of piperidine rings is 1. The van der Waals surface area contributed by atoms with Gasteiger partial charge >= 0.3 is 0 Å². The summed E-state index contributed by atoms with van der Waals surface area (Å²) in [5.41, 5.74) is 0. The molecule has 1 aliphatic heterocycles. The Morgan fingerprint density at radius 1 is 1.42 bits per heavy atom. The van der Waals surface area contributed by atoms with Gasteiger partial charge in [-0.3, -0.25) is 9.59 Å². The first kappa shape index (κ1) is 13.9. The summed E-state index contributed by atoms with van der Waals surface area (Å²) in [5, 5.41) is 0.627. The summed E-state index contributed by atoms with van der Waals surface area (Å²) in [4.78, 5) is 25.0. The summed E-state index contributed by atoms with van der Waals surface area (Å²) < 4.78 is 5.40. The molecule has 1 heterocycles. The van der Waals surface area contributed by atoms with Crippen molar-refractivity contribution in [2.24, 2.45) is 5.92 Å². The second-order valence-corrected chi connectivity index (χ2v) is 5.14. The molecule has 1 aromatic rings. The van der Waals surface area contributed by atoms with Gasteiger partial charge in [-0.15, -0.1) is 0 Å². The van der Waals surface area contributed by atoms with E-state index in [1.807, 2.05) is 6.92 Å². The highest BCUT2D eigenvalue weighted by atomic mass is 35.5. The summed E-state index contributed by atoms with van der Waals surface area (Å²) >= 11 is 5.76. The van der Waals surface area contributed by atoms with Crippen LogP contribution in [0.15, 0.2) is 24.3 Å². The zero-order valence-corrected chi connectivity index (χ0v) is 11.5. The van der Waals surface area contributed by atoms with E-state index in [0.717, 1.165) is 0 Å². The van der Waals surface area contributed by atoms with E-state index < -0.39 is 0 Å². The molecule has 102 valence electrons. The maximum Gasteiger partial charge on any atom is 0.260 e. The third-order valence-electron chi connectivity index (χ3n) is 3.20. The average Bonchev–Trinajstić information content (AvgIpc) is 2.41. The molecule has 0 aliphatic carbocycles. The van der Waals surface area contributed by atoms with E-state index in [4.69, 9.17) is 16.3 Å². The molecule has 0 aromatic heterocycles. The molecule has 5 heteroatoms. The molecule has 0 saturated carbocycles. The SMILES string of the molecule is CC1CN(C(=O)COc2ccc(Cl)cc2)CCC1=O. The van der Waals surface area contributed by atoms with Crippen LogP contribution >= 0.6 is 11.6 Å². The molecule has 0 spiro atoms. The number of benzene rings is 1. The lowest BCUT2D eigenvalue weighted by molar-refractivity contribution is -0.138. The number of hydrogen-bond donors (Lipinski definition) is 0. The molecule has 1 saturated heterocycles. The number of Topliss-reactive ketones (excluding diaryl/α,β-unsaturated/α-hetero) is 1. The van der Waals surface area contributed by atoms with Gasteiger partial charge in [0.15, 0.2) is 6.61 Å². The fourth-order valence-corrected chi connectivity index (χ4v) is 2.13. The van der Waals surface area contributed by atoms with Crippen LogP contribution < -0.4 is 4.74 Å². The average molecular weight is 282 g/mol. The second kappa shape index (κ2) is 6.06. The van der Waals surface area contributed by atoms with Crippen LogP contribution in [0.5, 0.6) is 5.75 Å². The minimum Gasteiger partial charge on any atom is -0.484 e. The van der Waals surface area contributed by atoms with E-state index in [1.54, 1.807) is 29.2 Å². The number of halogens is 1. The van der Waals surface area contributed by atoms with Gasteiger partial charge in [0.1, 0.15) is 11.5 Å². The van der Waals surface area contributed by atoms with E-state index in [2.05, 4.69) is 0 Å². The van der Waals surface area contributed by atoms with Gasteiger partial charge in [0.2, 0.25) is 0 Å². The summed E-state index contributed by atoms with van der Waals surface area (Å²) in [6.07, 6.45) is 0.438. The van der Waals surface area contributed by atoms with Crippen molar-refractivity contribution in [3.63, 3.8) is 0 Å². The van der Waals surface area contributed by atoms with Crippen LogP contribution in [-0.4, -0.2) is 36.3 Å². The van der Waals surface area contributed by atoms with Crippen molar-refractivity contribution >= 4 is 23.3 Å². The predicted octanol–water partition coefficient (Wildman–Crippen LogP) is 2.16. The van der Waals surface area contributed by atoms with E-state index in [0.29, 0.717) is 30.3 Å². The van der Waals surface area contributed by atoms with Gasteiger partial charge in [0.05, 0.1) is 0 Å². The van der Waals surface area contributed by atoms with Crippen molar-refractivity contribution in [1.29, 1.82) is 0 Å². The first-order valence-electron chi connectivity index (χ1n) is 6.25. The Kier molecular flexibility index (Phi) is 4.43. The number of ketones is 1. The van der Waals surface area contributed by atoms with Crippen molar-refractivity contribution < 1.29 is 14.3 Å². The minimum absolute atomic E-state index is 0.0114. The van der Waals surface area contributed by atoms with Crippen LogP contribution in [0.4, 0.5) is 0 Å². The summed E-state index contributed by atoms with van der Waals surface area (Å²) in [5.74, 6) is 0.670. The summed E-state index contributed by atoms with van der Waals surface area (Å²) in [6, 6.07) is 6.86.